The standard InChI is InChI=1S/C12H16N3O3S.Au.3ClH/c16-19(17,18)9-3-6-14-7-8-15(11-14)10-12-4-1-2-5-13-12;;;;/h1-2,4-5,7-8,11H,3,6,9-10H2,(H,16,17,18);;3*1H/q-1;+3;;;/p-3. The van der Waals surface area contributed by atoms with Crippen LogP contribution in [0.1, 0.15) is 12.1 Å². The van der Waals surface area contributed by atoms with Crippen LogP contribution in [0.5, 0.6) is 0 Å². The van der Waals surface area contributed by atoms with E-state index in [9.17, 15) is 8.42 Å². The van der Waals surface area contributed by atoms with Gasteiger partial charge in [-0.1, -0.05) is 6.07 Å². The number of hydrogen-bond donors (Lipinski definition) is 1. The summed E-state index contributed by atoms with van der Waals surface area (Å²) in [6.07, 6.45) is 5.91. The van der Waals surface area contributed by atoms with E-state index in [2.05, 4.69) is 4.98 Å². The summed E-state index contributed by atoms with van der Waals surface area (Å²) in [6.45, 7) is 3.11. The molecule has 1 aromatic heterocycles. The van der Waals surface area contributed by atoms with Crippen LogP contribution < -0.4 is 0 Å². The van der Waals surface area contributed by atoms with Crippen molar-refractivity contribution >= 4 is 37.7 Å². The van der Waals surface area contributed by atoms with Crippen LogP contribution in [0, 0.1) is 6.67 Å². The monoisotopic (exact) mass is 584 g/mol. The molecule has 6 nitrogen and oxygen atoms in total. The van der Waals surface area contributed by atoms with Crippen LogP contribution in [-0.2, 0) is 31.9 Å². The second kappa shape index (κ2) is 10.8. The Morgan fingerprint density at radius 3 is 2.43 bits per heavy atom. The van der Waals surface area contributed by atoms with Gasteiger partial charge in [0.25, 0.3) is 10.1 Å². The normalized spacial score (nSPS) is 14.5. The fraction of sp³-hybridized carbons (Fsp3) is 0.333. The Labute approximate surface area is 154 Å². The van der Waals surface area contributed by atoms with Gasteiger partial charge in [-0.2, -0.15) is 15.1 Å². The van der Waals surface area contributed by atoms with Crippen molar-refractivity contribution in [1.82, 2.24) is 14.8 Å². The number of halogens is 3. The molecule has 0 amide bonds. The molecule has 11 heteroatoms. The van der Waals surface area contributed by atoms with Gasteiger partial charge in [0.15, 0.2) is 0 Å². The Morgan fingerprint density at radius 2 is 1.87 bits per heavy atom. The third kappa shape index (κ3) is 11.2. The van der Waals surface area contributed by atoms with Crippen molar-refractivity contribution < 1.29 is 28.2 Å². The van der Waals surface area contributed by atoms with Gasteiger partial charge in [-0.3, -0.25) is 9.54 Å². The van der Waals surface area contributed by atoms with Gasteiger partial charge in [-0.25, -0.2) is 0 Å². The summed E-state index contributed by atoms with van der Waals surface area (Å²) in [4.78, 5) is 8.09. The van der Waals surface area contributed by atoms with Gasteiger partial charge in [-0.15, -0.1) is 0 Å². The van der Waals surface area contributed by atoms with Crippen molar-refractivity contribution in [2.45, 2.75) is 13.0 Å². The Hall–Kier alpha value is 0.0103. The van der Waals surface area contributed by atoms with Crippen LogP contribution in [-0.4, -0.2) is 40.1 Å². The van der Waals surface area contributed by atoms with Crippen molar-refractivity contribution in [2.75, 3.05) is 12.3 Å². The Kier molecular flexibility index (Phi) is 9.88. The molecule has 2 heterocycles. The van der Waals surface area contributed by atoms with Crippen molar-refractivity contribution in [1.29, 1.82) is 0 Å². The predicted octanol–water partition coefficient (Wildman–Crippen LogP) is 3.13. The van der Waals surface area contributed by atoms with E-state index in [1.165, 1.54) is 0 Å². The van der Waals surface area contributed by atoms with Crippen molar-refractivity contribution in [3.05, 3.63) is 49.2 Å². The molecule has 0 radical (unpaired) electrons. The topological polar surface area (TPSA) is 73.7 Å². The van der Waals surface area contributed by atoms with E-state index in [1.54, 1.807) is 6.20 Å². The van der Waals surface area contributed by atoms with Crippen LogP contribution in [0.4, 0.5) is 0 Å². The second-order valence-corrected chi connectivity index (χ2v) is 15.4. The third-order valence-corrected chi connectivity index (χ3v) is 3.44. The summed E-state index contributed by atoms with van der Waals surface area (Å²) < 4.78 is 29.8. The first-order valence-corrected chi connectivity index (χ1v) is 15.9. The quantitative estimate of drug-likeness (QED) is 0.314. The molecule has 136 valence electrons. The molecule has 1 aliphatic rings. The zero-order valence-corrected chi connectivity index (χ0v) is 17.1. The number of pyridine rings is 1. The summed E-state index contributed by atoms with van der Waals surface area (Å²) in [6, 6.07) is 5.75. The van der Waals surface area contributed by atoms with Crippen LogP contribution >= 0.6 is 27.6 Å². The fourth-order valence-corrected chi connectivity index (χ4v) is 2.27. The molecule has 0 fully saturated rings. The Bertz CT molecular complexity index is 587. The first-order chi connectivity index (χ1) is 10.8. The SMILES string of the molecule is O=S(=O)(O)CCCN1C=CN(Cc2ccccn2)[CH-]1.[Cl][Au]([Cl])[Cl]. The van der Waals surface area contributed by atoms with Crippen molar-refractivity contribution in [2.24, 2.45) is 0 Å². The molecule has 0 atom stereocenters. The molecule has 0 aromatic carbocycles. The molecule has 0 saturated carbocycles. The molecule has 0 bridgehead atoms. The molecule has 0 unspecified atom stereocenters. The van der Waals surface area contributed by atoms with E-state index in [1.807, 2.05) is 47.1 Å². The summed E-state index contributed by atoms with van der Waals surface area (Å²) in [5, 5.41) is 0. The minimum atomic E-state index is -3.87. The van der Waals surface area contributed by atoms with Gasteiger partial charge in [-0.05, 0) is 37.5 Å². The summed E-state index contributed by atoms with van der Waals surface area (Å²) in [5.41, 5.74) is 0.961. The maximum atomic E-state index is 10.6. The number of rotatable bonds is 6. The van der Waals surface area contributed by atoms with Crippen molar-refractivity contribution in [3.63, 3.8) is 0 Å². The van der Waals surface area contributed by atoms with E-state index in [-0.39, 0.29) is 5.75 Å². The zero-order valence-electron chi connectivity index (χ0n) is 11.8. The molecule has 0 aliphatic carbocycles. The van der Waals surface area contributed by atoms with Gasteiger partial charge in [0.1, 0.15) is 0 Å². The Morgan fingerprint density at radius 1 is 1.22 bits per heavy atom. The summed E-state index contributed by atoms with van der Waals surface area (Å²) in [7, 11) is 11.0. The van der Waals surface area contributed by atoms with E-state index in [4.69, 9.17) is 32.1 Å². The number of aromatic nitrogens is 1. The van der Waals surface area contributed by atoms with E-state index in [0.717, 1.165) is 5.69 Å². The maximum absolute atomic E-state index is 10.6. The van der Waals surface area contributed by atoms with Gasteiger partial charge in [0.2, 0.25) is 0 Å². The molecular formula is C12H16AuCl3N3O3S-. The molecule has 1 aromatic rings. The molecule has 0 spiro atoms. The summed E-state index contributed by atoms with van der Waals surface area (Å²) in [5.74, 6) is -0.217. The minimum absolute atomic E-state index is 0.217. The van der Waals surface area contributed by atoms with Gasteiger partial charge < -0.3 is 9.80 Å². The average Bonchev–Trinajstić information content (AvgIpc) is 2.85. The second-order valence-electron chi connectivity index (χ2n) is 4.41. The number of hydrogen-bond acceptors (Lipinski definition) is 5. The Balaban J connectivity index is 0.000000593. The van der Waals surface area contributed by atoms with Crippen LogP contribution in [0.25, 0.3) is 0 Å². The van der Waals surface area contributed by atoms with E-state index < -0.39 is 25.3 Å². The van der Waals surface area contributed by atoms with Gasteiger partial charge >= 0.3 is 42.8 Å². The van der Waals surface area contributed by atoms with Gasteiger partial charge in [0, 0.05) is 12.7 Å². The van der Waals surface area contributed by atoms with E-state index >= 15 is 0 Å². The van der Waals surface area contributed by atoms with E-state index in [0.29, 0.717) is 19.5 Å². The van der Waals surface area contributed by atoms with Crippen LogP contribution in [0.3, 0.4) is 0 Å². The molecular weight excluding hydrogens is 570 g/mol. The van der Waals surface area contributed by atoms with Crippen LogP contribution in [0.15, 0.2) is 36.8 Å². The molecule has 23 heavy (non-hydrogen) atoms. The third-order valence-electron chi connectivity index (χ3n) is 2.64. The van der Waals surface area contributed by atoms with Crippen molar-refractivity contribution in [3.8, 4) is 0 Å². The molecule has 1 aliphatic heterocycles. The fourth-order valence-electron chi connectivity index (χ4n) is 1.77. The molecule has 2 rings (SSSR count). The predicted molar refractivity (Wildman–Crippen MR) is 88.5 cm³/mol. The van der Waals surface area contributed by atoms with Gasteiger partial charge in [0.05, 0.1) is 11.4 Å². The zero-order chi connectivity index (χ0) is 17.3. The molecule has 1 N–H and O–H groups in total. The van der Waals surface area contributed by atoms with Crippen LogP contribution in [0.2, 0.25) is 0 Å². The first kappa shape index (κ1) is 21.1. The summed E-state index contributed by atoms with van der Waals surface area (Å²) >= 11 is -1.79. The first-order valence-electron chi connectivity index (χ1n) is 6.27. The average molecular weight is 586 g/mol. The number of nitrogens with zero attached hydrogens (tertiary/aromatic N) is 3. The molecule has 0 saturated heterocycles.